The first-order chi connectivity index (χ1) is 13.2. The first-order valence-electron chi connectivity index (χ1n) is 8.59. The van der Waals surface area contributed by atoms with Crippen molar-refractivity contribution in [3.05, 3.63) is 52.9 Å². The molecule has 148 valence electrons. The summed E-state index contributed by atoms with van der Waals surface area (Å²) in [5.74, 6) is -1.42. The van der Waals surface area contributed by atoms with Gasteiger partial charge in [0.15, 0.2) is 0 Å². The molecule has 0 aromatic carbocycles. The lowest BCUT2D eigenvalue weighted by Crippen LogP contribution is -2.26. The Bertz CT molecular complexity index is 1000. The molecule has 0 saturated carbocycles. The number of carbonyl (C=O) groups excluding carboxylic acids is 1. The molecule has 3 aromatic heterocycles. The Balaban J connectivity index is 1.75. The van der Waals surface area contributed by atoms with E-state index in [4.69, 9.17) is 0 Å². The van der Waals surface area contributed by atoms with Gasteiger partial charge in [-0.05, 0) is 37.5 Å². The number of pyridine rings is 1. The van der Waals surface area contributed by atoms with Gasteiger partial charge in [0, 0.05) is 43.8 Å². The lowest BCUT2D eigenvalue weighted by Gasteiger charge is -2.18. The molecule has 0 atom stereocenters. The largest absolute Gasteiger partial charge is 0.453 e. The van der Waals surface area contributed by atoms with Gasteiger partial charge in [0.25, 0.3) is 11.6 Å². The lowest BCUT2D eigenvalue weighted by molar-refractivity contribution is -0.144. The highest BCUT2D eigenvalue weighted by Gasteiger charge is 2.37. The summed E-state index contributed by atoms with van der Waals surface area (Å²) in [7, 11) is 1.70. The van der Waals surface area contributed by atoms with Crippen LogP contribution in [0.4, 0.5) is 13.2 Å². The second kappa shape index (κ2) is 7.53. The Kier molecular flexibility index (Phi) is 5.30. The van der Waals surface area contributed by atoms with Gasteiger partial charge in [-0.25, -0.2) is 9.50 Å². The van der Waals surface area contributed by atoms with E-state index in [0.717, 1.165) is 10.1 Å². The zero-order chi connectivity index (χ0) is 20.5. The summed E-state index contributed by atoms with van der Waals surface area (Å²) in [5, 5.41) is 3.52. The number of nitrogens with zero attached hydrogens (tertiary/aromatic N) is 6. The van der Waals surface area contributed by atoms with E-state index < -0.39 is 12.0 Å². The number of hydrogen-bond acceptors (Lipinski definition) is 5. The minimum absolute atomic E-state index is 0.0858. The molecule has 0 radical (unpaired) electrons. The maximum absolute atomic E-state index is 12.9. The van der Waals surface area contributed by atoms with Gasteiger partial charge in [-0.2, -0.15) is 18.2 Å². The van der Waals surface area contributed by atoms with Crippen LogP contribution in [0.2, 0.25) is 0 Å². The number of fused-ring (bicyclic) bond motifs is 1. The molecule has 3 aromatic rings. The van der Waals surface area contributed by atoms with Crippen molar-refractivity contribution in [1.29, 1.82) is 0 Å². The average molecular weight is 392 g/mol. The van der Waals surface area contributed by atoms with Crippen LogP contribution in [0.5, 0.6) is 0 Å². The summed E-state index contributed by atoms with van der Waals surface area (Å²) < 4.78 is 39.7. The summed E-state index contributed by atoms with van der Waals surface area (Å²) in [6.45, 7) is 3.77. The third kappa shape index (κ3) is 4.10. The SMILES string of the molecule is Cc1nc2nc(C(F)(F)F)nn2c(C)c1CCC(=O)N(C)Cc1cccnc1. The Morgan fingerprint density at radius 2 is 2.00 bits per heavy atom. The van der Waals surface area contributed by atoms with Crippen molar-refractivity contribution in [2.75, 3.05) is 7.05 Å². The summed E-state index contributed by atoms with van der Waals surface area (Å²) in [6.07, 6.45) is -0.739. The number of aryl methyl sites for hydroxylation is 2. The smallest absolute Gasteiger partial charge is 0.341 e. The molecule has 28 heavy (non-hydrogen) atoms. The standard InChI is InChI=1S/C18H19F3N6O/c1-11-14(6-7-15(28)26(3)10-13-5-4-8-22-9-13)12(2)27-17(23-11)24-16(25-27)18(19,20)21/h4-5,8-9H,6-7,10H2,1-3H3. The molecule has 0 bridgehead atoms. The van der Waals surface area contributed by atoms with Gasteiger partial charge < -0.3 is 4.90 Å². The van der Waals surface area contributed by atoms with Crippen molar-refractivity contribution >= 4 is 11.7 Å². The van der Waals surface area contributed by atoms with Crippen LogP contribution >= 0.6 is 0 Å². The fourth-order valence-electron chi connectivity index (χ4n) is 2.97. The van der Waals surface area contributed by atoms with Gasteiger partial charge in [-0.15, -0.1) is 5.10 Å². The van der Waals surface area contributed by atoms with Crippen molar-refractivity contribution in [2.24, 2.45) is 0 Å². The summed E-state index contributed by atoms with van der Waals surface area (Å²) in [6, 6.07) is 3.68. The first kappa shape index (κ1) is 19.7. The van der Waals surface area contributed by atoms with Crippen LogP contribution in [-0.4, -0.2) is 42.4 Å². The number of rotatable bonds is 5. The third-order valence-electron chi connectivity index (χ3n) is 4.46. The zero-order valence-corrected chi connectivity index (χ0v) is 15.7. The molecule has 0 spiro atoms. The van der Waals surface area contributed by atoms with Crippen molar-refractivity contribution in [3.8, 4) is 0 Å². The third-order valence-corrected chi connectivity index (χ3v) is 4.46. The molecular formula is C18H19F3N6O. The van der Waals surface area contributed by atoms with Gasteiger partial charge in [-0.1, -0.05) is 6.07 Å². The molecule has 7 nitrogen and oxygen atoms in total. The predicted molar refractivity (Wildman–Crippen MR) is 94.3 cm³/mol. The van der Waals surface area contributed by atoms with E-state index in [1.165, 1.54) is 0 Å². The Hall–Kier alpha value is -3.04. The number of alkyl halides is 3. The van der Waals surface area contributed by atoms with Gasteiger partial charge in [0.1, 0.15) is 0 Å². The minimum Gasteiger partial charge on any atom is -0.341 e. The number of carbonyl (C=O) groups is 1. The molecule has 0 N–H and O–H groups in total. The van der Waals surface area contributed by atoms with Crippen molar-refractivity contribution in [3.63, 3.8) is 0 Å². The van der Waals surface area contributed by atoms with Crippen LogP contribution < -0.4 is 0 Å². The predicted octanol–water partition coefficient (Wildman–Crippen LogP) is 2.75. The summed E-state index contributed by atoms with van der Waals surface area (Å²) >= 11 is 0. The molecule has 0 saturated heterocycles. The Morgan fingerprint density at radius 3 is 2.64 bits per heavy atom. The van der Waals surface area contributed by atoms with Gasteiger partial charge >= 0.3 is 6.18 Å². The molecule has 0 aliphatic rings. The minimum atomic E-state index is -4.64. The number of amides is 1. The number of halogens is 3. The molecule has 1 amide bonds. The first-order valence-corrected chi connectivity index (χ1v) is 8.59. The fraction of sp³-hybridized carbons (Fsp3) is 0.389. The summed E-state index contributed by atoms with van der Waals surface area (Å²) in [5.41, 5.74) is 2.63. The van der Waals surface area contributed by atoms with Crippen LogP contribution in [0.1, 0.15) is 34.8 Å². The Labute approximate surface area is 159 Å². The van der Waals surface area contributed by atoms with Gasteiger partial charge in [0.2, 0.25) is 5.91 Å². The van der Waals surface area contributed by atoms with Crippen molar-refractivity contribution in [2.45, 2.75) is 39.4 Å². The van der Waals surface area contributed by atoms with E-state index in [1.807, 2.05) is 6.07 Å². The molecule has 0 unspecified atom stereocenters. The molecule has 3 heterocycles. The maximum Gasteiger partial charge on any atom is 0.453 e. The Morgan fingerprint density at radius 1 is 1.25 bits per heavy atom. The second-order valence-corrected chi connectivity index (χ2v) is 6.52. The fourth-order valence-corrected chi connectivity index (χ4v) is 2.97. The number of aromatic nitrogens is 5. The van der Waals surface area contributed by atoms with Crippen LogP contribution in [0.3, 0.4) is 0 Å². The van der Waals surface area contributed by atoms with E-state index in [9.17, 15) is 18.0 Å². The lowest BCUT2D eigenvalue weighted by atomic mass is 10.1. The normalized spacial score (nSPS) is 11.8. The van der Waals surface area contributed by atoms with E-state index >= 15 is 0 Å². The second-order valence-electron chi connectivity index (χ2n) is 6.52. The van der Waals surface area contributed by atoms with E-state index in [-0.39, 0.29) is 18.1 Å². The molecule has 0 aliphatic heterocycles. The monoisotopic (exact) mass is 392 g/mol. The molecule has 3 rings (SSSR count). The molecular weight excluding hydrogens is 373 g/mol. The van der Waals surface area contributed by atoms with Crippen LogP contribution in [0.25, 0.3) is 5.78 Å². The highest BCUT2D eigenvalue weighted by atomic mass is 19.4. The highest BCUT2D eigenvalue weighted by Crippen LogP contribution is 2.27. The zero-order valence-electron chi connectivity index (χ0n) is 15.7. The quantitative estimate of drug-likeness (QED) is 0.667. The average Bonchev–Trinajstić information content (AvgIpc) is 3.06. The number of hydrogen-bond donors (Lipinski definition) is 0. The summed E-state index contributed by atoms with van der Waals surface area (Å²) in [4.78, 5) is 25.6. The topological polar surface area (TPSA) is 76.3 Å². The molecule has 0 fully saturated rings. The molecule has 10 heteroatoms. The van der Waals surface area contributed by atoms with Crippen LogP contribution in [0, 0.1) is 13.8 Å². The maximum atomic E-state index is 12.9. The van der Waals surface area contributed by atoms with E-state index in [2.05, 4.69) is 20.1 Å². The van der Waals surface area contributed by atoms with Gasteiger partial charge in [0.05, 0.1) is 0 Å². The highest BCUT2D eigenvalue weighted by molar-refractivity contribution is 5.76. The van der Waals surface area contributed by atoms with Crippen molar-refractivity contribution in [1.82, 2.24) is 29.5 Å². The van der Waals surface area contributed by atoms with Crippen LogP contribution in [0.15, 0.2) is 24.5 Å². The van der Waals surface area contributed by atoms with E-state index in [0.29, 0.717) is 29.9 Å². The van der Waals surface area contributed by atoms with Crippen LogP contribution in [-0.2, 0) is 23.9 Å². The van der Waals surface area contributed by atoms with Gasteiger partial charge in [-0.3, -0.25) is 9.78 Å². The van der Waals surface area contributed by atoms with E-state index in [1.54, 1.807) is 44.3 Å². The van der Waals surface area contributed by atoms with Crippen molar-refractivity contribution < 1.29 is 18.0 Å². The molecule has 0 aliphatic carbocycles.